The van der Waals surface area contributed by atoms with Crippen molar-refractivity contribution in [1.29, 1.82) is 0 Å². The fraction of sp³-hybridized carbons (Fsp3) is 0.312. The van der Waals surface area contributed by atoms with E-state index in [2.05, 4.69) is 15.6 Å². The standard InChI is InChI=1S/C32H34F3N5O2/c1-18(2)28-16-40(31(39-28)19(3)4)17-29(41)38-27(13-20-11-22(33)15-23(34)12-20)30-24(7-6-10-37-30)21-8-9-26(35)25(14-21)32(42)36-5/h6-12,14-16,18-19,27H,13,17H2,1-5H3,(H,36,42)(H,38,41)/t27-/m0/s1. The number of hydrogen-bond donors (Lipinski definition) is 2. The molecular weight excluding hydrogens is 543 g/mol. The molecule has 0 aliphatic heterocycles. The van der Waals surface area contributed by atoms with E-state index >= 15 is 0 Å². The molecule has 0 saturated heterocycles. The minimum atomic E-state index is -0.820. The fourth-order valence-electron chi connectivity index (χ4n) is 4.83. The maximum absolute atomic E-state index is 14.5. The lowest BCUT2D eigenvalue weighted by atomic mass is 9.94. The molecule has 2 heterocycles. The molecule has 1 atom stereocenters. The van der Waals surface area contributed by atoms with Gasteiger partial charge >= 0.3 is 0 Å². The van der Waals surface area contributed by atoms with E-state index in [1.807, 2.05) is 38.5 Å². The van der Waals surface area contributed by atoms with E-state index < -0.39 is 29.4 Å². The molecule has 10 heteroatoms. The highest BCUT2D eigenvalue weighted by atomic mass is 19.1. The number of aromatic nitrogens is 3. The SMILES string of the molecule is CNC(=O)c1cc(-c2cccnc2[C@H](Cc2cc(F)cc(F)c2)NC(=O)Cn2cc(C(C)C)nc2C(C)C)ccc1F. The zero-order chi connectivity index (χ0) is 30.6. The number of halogens is 3. The van der Waals surface area contributed by atoms with Crippen LogP contribution in [-0.4, -0.2) is 33.4 Å². The highest BCUT2D eigenvalue weighted by molar-refractivity contribution is 5.95. The molecule has 4 rings (SSSR count). The zero-order valence-corrected chi connectivity index (χ0v) is 24.2. The van der Waals surface area contributed by atoms with E-state index in [4.69, 9.17) is 4.98 Å². The van der Waals surface area contributed by atoms with E-state index in [9.17, 15) is 22.8 Å². The predicted molar refractivity (Wildman–Crippen MR) is 154 cm³/mol. The van der Waals surface area contributed by atoms with Gasteiger partial charge in [-0.15, -0.1) is 0 Å². The Bertz CT molecular complexity index is 1580. The number of pyridine rings is 1. The minimum absolute atomic E-state index is 0.0200. The van der Waals surface area contributed by atoms with Crippen molar-refractivity contribution in [3.63, 3.8) is 0 Å². The molecule has 0 aliphatic carbocycles. The van der Waals surface area contributed by atoms with Crippen molar-refractivity contribution in [2.75, 3.05) is 7.05 Å². The fourth-order valence-corrected chi connectivity index (χ4v) is 4.83. The van der Waals surface area contributed by atoms with Gasteiger partial charge in [0.15, 0.2) is 0 Å². The molecule has 0 fully saturated rings. The number of amides is 2. The van der Waals surface area contributed by atoms with Gasteiger partial charge in [0.2, 0.25) is 5.91 Å². The first-order valence-corrected chi connectivity index (χ1v) is 13.7. The third-order valence-electron chi connectivity index (χ3n) is 6.86. The number of rotatable bonds is 10. The summed E-state index contributed by atoms with van der Waals surface area (Å²) in [5.74, 6) is -2.11. The van der Waals surface area contributed by atoms with E-state index in [-0.39, 0.29) is 36.3 Å². The lowest BCUT2D eigenvalue weighted by Crippen LogP contribution is -2.34. The van der Waals surface area contributed by atoms with Gasteiger partial charge in [0, 0.05) is 37.0 Å². The summed E-state index contributed by atoms with van der Waals surface area (Å²) in [6.07, 6.45) is 3.42. The van der Waals surface area contributed by atoms with E-state index in [1.165, 1.54) is 43.6 Å². The summed E-state index contributed by atoms with van der Waals surface area (Å²) in [6, 6.07) is 9.87. The average Bonchev–Trinajstić information content (AvgIpc) is 3.36. The van der Waals surface area contributed by atoms with Crippen molar-refractivity contribution in [2.45, 2.75) is 58.5 Å². The lowest BCUT2D eigenvalue weighted by Gasteiger charge is -2.22. The Labute approximate surface area is 243 Å². The molecule has 0 radical (unpaired) electrons. The second kappa shape index (κ2) is 13.0. The van der Waals surface area contributed by atoms with Crippen LogP contribution in [-0.2, 0) is 17.8 Å². The monoisotopic (exact) mass is 577 g/mol. The van der Waals surface area contributed by atoms with E-state index in [1.54, 1.807) is 12.1 Å². The van der Waals surface area contributed by atoms with Gasteiger partial charge in [0.25, 0.3) is 5.91 Å². The number of carbonyl (C=O) groups is 2. The minimum Gasteiger partial charge on any atom is -0.355 e. The molecule has 0 saturated carbocycles. The Morgan fingerprint density at radius 2 is 1.67 bits per heavy atom. The summed E-state index contributed by atoms with van der Waals surface area (Å²) < 4.78 is 44.5. The van der Waals surface area contributed by atoms with Gasteiger partial charge in [0.1, 0.15) is 29.8 Å². The van der Waals surface area contributed by atoms with Crippen LogP contribution in [0, 0.1) is 17.5 Å². The molecule has 2 N–H and O–H groups in total. The van der Waals surface area contributed by atoms with Crippen LogP contribution >= 0.6 is 0 Å². The topological polar surface area (TPSA) is 88.9 Å². The Morgan fingerprint density at radius 3 is 2.31 bits per heavy atom. The highest BCUT2D eigenvalue weighted by Gasteiger charge is 2.24. The molecule has 42 heavy (non-hydrogen) atoms. The van der Waals surface area contributed by atoms with Crippen molar-refractivity contribution in [3.8, 4) is 11.1 Å². The van der Waals surface area contributed by atoms with Gasteiger partial charge in [0.05, 0.1) is 23.0 Å². The molecule has 2 aromatic carbocycles. The second-order valence-corrected chi connectivity index (χ2v) is 10.8. The third-order valence-corrected chi connectivity index (χ3v) is 6.86. The summed E-state index contributed by atoms with van der Waals surface area (Å²) in [5, 5.41) is 5.42. The number of benzene rings is 2. The van der Waals surface area contributed by atoms with Crippen LogP contribution in [0.4, 0.5) is 13.2 Å². The van der Waals surface area contributed by atoms with Crippen LogP contribution in [0.5, 0.6) is 0 Å². The van der Waals surface area contributed by atoms with Crippen molar-refractivity contribution >= 4 is 11.8 Å². The van der Waals surface area contributed by atoms with Crippen molar-refractivity contribution in [2.24, 2.45) is 0 Å². The van der Waals surface area contributed by atoms with Gasteiger partial charge in [-0.25, -0.2) is 18.2 Å². The number of imidazole rings is 1. The van der Waals surface area contributed by atoms with Gasteiger partial charge < -0.3 is 15.2 Å². The van der Waals surface area contributed by atoms with E-state index in [0.717, 1.165) is 17.6 Å². The molecule has 0 aliphatic rings. The molecule has 7 nitrogen and oxygen atoms in total. The smallest absolute Gasteiger partial charge is 0.254 e. The summed E-state index contributed by atoms with van der Waals surface area (Å²) in [4.78, 5) is 35.0. The molecule has 220 valence electrons. The van der Waals surface area contributed by atoms with Crippen LogP contribution in [0.15, 0.2) is 60.9 Å². The number of nitrogens with zero attached hydrogens (tertiary/aromatic N) is 3. The number of carbonyl (C=O) groups excluding carboxylic acids is 2. The van der Waals surface area contributed by atoms with Crippen LogP contribution in [0.2, 0.25) is 0 Å². The molecule has 0 unspecified atom stereocenters. The van der Waals surface area contributed by atoms with Crippen molar-refractivity contribution < 1.29 is 22.8 Å². The van der Waals surface area contributed by atoms with Crippen LogP contribution in [0.25, 0.3) is 11.1 Å². The van der Waals surface area contributed by atoms with E-state index in [0.29, 0.717) is 22.4 Å². The van der Waals surface area contributed by atoms with Gasteiger partial charge in [-0.3, -0.25) is 14.6 Å². The molecule has 0 spiro atoms. The first-order chi connectivity index (χ1) is 20.0. The first kappa shape index (κ1) is 30.5. The molecule has 4 aromatic rings. The van der Waals surface area contributed by atoms with Gasteiger partial charge in [-0.05, 0) is 53.8 Å². The van der Waals surface area contributed by atoms with Crippen LogP contribution in [0.1, 0.15) is 78.7 Å². The zero-order valence-electron chi connectivity index (χ0n) is 24.2. The van der Waals surface area contributed by atoms with Gasteiger partial charge in [-0.2, -0.15) is 0 Å². The second-order valence-electron chi connectivity index (χ2n) is 10.8. The maximum Gasteiger partial charge on any atom is 0.254 e. The molecule has 2 aromatic heterocycles. The largest absolute Gasteiger partial charge is 0.355 e. The molecule has 2 amide bonds. The highest BCUT2D eigenvalue weighted by Crippen LogP contribution is 2.30. The molecule has 0 bridgehead atoms. The van der Waals surface area contributed by atoms with Crippen LogP contribution in [0.3, 0.4) is 0 Å². The summed E-state index contributed by atoms with van der Waals surface area (Å²) in [6.45, 7) is 8.02. The summed E-state index contributed by atoms with van der Waals surface area (Å²) in [5.41, 5.74) is 2.43. The van der Waals surface area contributed by atoms with Gasteiger partial charge in [-0.1, -0.05) is 39.8 Å². The Hall–Kier alpha value is -4.47. The van der Waals surface area contributed by atoms with Crippen LogP contribution < -0.4 is 10.6 Å². The summed E-state index contributed by atoms with van der Waals surface area (Å²) in [7, 11) is 1.41. The normalized spacial score (nSPS) is 12.0. The Balaban J connectivity index is 1.75. The Kier molecular flexibility index (Phi) is 9.45. The quantitative estimate of drug-likeness (QED) is 0.240. The Morgan fingerprint density at radius 1 is 0.952 bits per heavy atom. The molecular formula is C32H34F3N5O2. The maximum atomic E-state index is 14.5. The number of nitrogens with one attached hydrogen (secondary N) is 2. The average molecular weight is 578 g/mol. The summed E-state index contributed by atoms with van der Waals surface area (Å²) >= 11 is 0. The number of hydrogen-bond acceptors (Lipinski definition) is 4. The third kappa shape index (κ3) is 7.05. The van der Waals surface area contributed by atoms with Crippen molar-refractivity contribution in [3.05, 3.63) is 107 Å². The van der Waals surface area contributed by atoms with Crippen molar-refractivity contribution in [1.82, 2.24) is 25.2 Å². The first-order valence-electron chi connectivity index (χ1n) is 13.7. The lowest BCUT2D eigenvalue weighted by molar-refractivity contribution is -0.122. The predicted octanol–water partition coefficient (Wildman–Crippen LogP) is 6.07.